The lowest BCUT2D eigenvalue weighted by molar-refractivity contribution is -0.0299. The van der Waals surface area contributed by atoms with Crippen LogP contribution in [-0.4, -0.2) is 55.2 Å². The molecule has 1 aliphatic heterocycles. The molecule has 4 nitrogen and oxygen atoms in total. The molecule has 0 radical (unpaired) electrons. The van der Waals surface area contributed by atoms with Crippen molar-refractivity contribution >= 4 is 0 Å². The lowest BCUT2D eigenvalue weighted by atomic mass is 9.93. The van der Waals surface area contributed by atoms with E-state index in [4.69, 9.17) is 10.5 Å². The minimum atomic E-state index is 0.282. The molecule has 2 atom stereocenters. The molecule has 2 unspecified atom stereocenters. The molecule has 1 aliphatic carbocycles. The van der Waals surface area contributed by atoms with Gasteiger partial charge in [-0.3, -0.25) is 0 Å². The Kier molecular flexibility index (Phi) is 6.97. The van der Waals surface area contributed by atoms with Gasteiger partial charge in [0.25, 0.3) is 0 Å². The first kappa shape index (κ1) is 18.3. The van der Waals surface area contributed by atoms with Crippen LogP contribution in [-0.2, 0) is 4.74 Å². The molecule has 0 aromatic heterocycles. The minimum Gasteiger partial charge on any atom is -0.403 e. The van der Waals surface area contributed by atoms with E-state index in [9.17, 15) is 0 Å². The van der Waals surface area contributed by atoms with Crippen LogP contribution in [0.1, 0.15) is 40.0 Å². The van der Waals surface area contributed by atoms with E-state index >= 15 is 0 Å². The molecule has 0 spiro atoms. The summed E-state index contributed by atoms with van der Waals surface area (Å²) >= 11 is 0. The zero-order valence-corrected chi connectivity index (χ0v) is 15.4. The Hall–Kier alpha value is -1.00. The van der Waals surface area contributed by atoms with E-state index in [0.29, 0.717) is 11.8 Å². The van der Waals surface area contributed by atoms with Crippen LogP contribution in [0.2, 0.25) is 0 Å². The fourth-order valence-corrected chi connectivity index (χ4v) is 3.37. The van der Waals surface area contributed by atoms with E-state index in [1.54, 1.807) is 6.20 Å². The van der Waals surface area contributed by atoms with E-state index in [1.165, 1.54) is 19.3 Å². The van der Waals surface area contributed by atoms with E-state index in [1.807, 2.05) is 0 Å². The summed E-state index contributed by atoms with van der Waals surface area (Å²) in [5.41, 5.74) is 7.04. The van der Waals surface area contributed by atoms with Crippen LogP contribution >= 0.6 is 0 Å². The number of nitrogens with zero attached hydrogens (tertiary/aromatic N) is 2. The topological polar surface area (TPSA) is 41.7 Å². The van der Waals surface area contributed by atoms with Gasteiger partial charge in [-0.15, -0.1) is 0 Å². The quantitative estimate of drug-likeness (QED) is 0.698. The maximum absolute atomic E-state index is 5.96. The lowest BCUT2D eigenvalue weighted by Crippen LogP contribution is -2.46. The fraction of sp³-hybridized carbons (Fsp3) is 0.789. The maximum Gasteiger partial charge on any atom is 0.0877 e. The van der Waals surface area contributed by atoms with Crippen LogP contribution in [0.3, 0.4) is 0 Å². The molecular weight excluding hydrogens is 286 g/mol. The van der Waals surface area contributed by atoms with Crippen molar-refractivity contribution in [1.29, 1.82) is 0 Å². The van der Waals surface area contributed by atoms with Crippen LogP contribution in [0.15, 0.2) is 24.0 Å². The van der Waals surface area contributed by atoms with Crippen LogP contribution < -0.4 is 5.73 Å². The Morgan fingerprint density at radius 2 is 2.13 bits per heavy atom. The van der Waals surface area contributed by atoms with E-state index in [0.717, 1.165) is 38.0 Å². The predicted molar refractivity (Wildman–Crippen MR) is 97.0 cm³/mol. The third kappa shape index (κ3) is 5.54. The normalized spacial score (nSPS) is 24.9. The summed E-state index contributed by atoms with van der Waals surface area (Å²) in [6, 6.07) is 0.787. The first-order valence-electron chi connectivity index (χ1n) is 9.22. The second-order valence-electron chi connectivity index (χ2n) is 7.38. The van der Waals surface area contributed by atoms with E-state index in [2.05, 4.69) is 49.8 Å². The van der Waals surface area contributed by atoms with Crippen molar-refractivity contribution < 1.29 is 4.74 Å². The summed E-state index contributed by atoms with van der Waals surface area (Å²) in [6.45, 7) is 10.5. The summed E-state index contributed by atoms with van der Waals surface area (Å²) in [4.78, 5) is 4.82. The third-order valence-electron chi connectivity index (χ3n) is 5.18. The summed E-state index contributed by atoms with van der Waals surface area (Å²) in [6.07, 6.45) is 10.4. The average Bonchev–Trinajstić information content (AvgIpc) is 3.36. The number of morpholine rings is 1. The zero-order chi connectivity index (χ0) is 16.8. The number of ether oxygens (including phenoxy) is 1. The molecule has 23 heavy (non-hydrogen) atoms. The number of hydrogen-bond acceptors (Lipinski definition) is 4. The molecule has 1 heterocycles. The summed E-state index contributed by atoms with van der Waals surface area (Å²) in [7, 11) is 2.22. The average molecular weight is 322 g/mol. The van der Waals surface area contributed by atoms with Crippen molar-refractivity contribution in [2.24, 2.45) is 17.6 Å². The molecule has 1 saturated carbocycles. The van der Waals surface area contributed by atoms with Crippen molar-refractivity contribution in [2.45, 2.75) is 52.2 Å². The molecule has 1 saturated heterocycles. The predicted octanol–water partition coefficient (Wildman–Crippen LogP) is 2.82. The van der Waals surface area contributed by atoms with Gasteiger partial charge < -0.3 is 20.3 Å². The van der Waals surface area contributed by atoms with Crippen LogP contribution in [0.5, 0.6) is 0 Å². The number of rotatable bonds is 8. The Morgan fingerprint density at radius 3 is 2.70 bits per heavy atom. The first-order valence-corrected chi connectivity index (χ1v) is 9.22. The molecule has 2 aliphatic rings. The monoisotopic (exact) mass is 321 g/mol. The van der Waals surface area contributed by atoms with Crippen molar-refractivity contribution in [1.82, 2.24) is 9.80 Å². The standard InChI is InChI=1S/C19H35N3O/c1-5-16(15(2)3)6-7-18(12-20)22-10-11-23-19(14-22)13-21(4)17-8-9-17/h6-7,12,15-17,19H,5,8-11,13-14,20H2,1-4H3/b7-6-,18-12+. The second kappa shape index (κ2) is 8.74. The molecule has 0 aromatic rings. The highest BCUT2D eigenvalue weighted by atomic mass is 16.5. The third-order valence-corrected chi connectivity index (χ3v) is 5.18. The number of likely N-dealkylation sites (N-methyl/N-ethyl adjacent to an activating group) is 1. The molecular formula is C19H35N3O. The van der Waals surface area contributed by atoms with Gasteiger partial charge in [-0.2, -0.15) is 0 Å². The Labute approximate surface area is 142 Å². The summed E-state index contributed by atoms with van der Waals surface area (Å²) < 4.78 is 5.96. The van der Waals surface area contributed by atoms with Gasteiger partial charge >= 0.3 is 0 Å². The number of hydrogen-bond donors (Lipinski definition) is 1. The van der Waals surface area contributed by atoms with Gasteiger partial charge in [-0.1, -0.05) is 26.8 Å². The van der Waals surface area contributed by atoms with Gasteiger partial charge in [-0.25, -0.2) is 0 Å². The SMILES string of the molecule is CCC(/C=C\C(=C/N)N1CCOC(CN(C)C2CC2)C1)C(C)C. The highest BCUT2D eigenvalue weighted by molar-refractivity contribution is 5.18. The van der Waals surface area contributed by atoms with Crippen molar-refractivity contribution in [3.05, 3.63) is 24.0 Å². The molecule has 0 bridgehead atoms. The summed E-state index contributed by atoms with van der Waals surface area (Å²) in [5, 5.41) is 0. The molecule has 0 amide bonds. The minimum absolute atomic E-state index is 0.282. The smallest absolute Gasteiger partial charge is 0.0877 e. The Bertz CT molecular complexity index is 415. The largest absolute Gasteiger partial charge is 0.403 e. The Morgan fingerprint density at radius 1 is 1.39 bits per heavy atom. The van der Waals surface area contributed by atoms with Gasteiger partial charge in [0, 0.05) is 31.9 Å². The Balaban J connectivity index is 1.90. The van der Waals surface area contributed by atoms with Gasteiger partial charge in [0.1, 0.15) is 0 Å². The number of allylic oxidation sites excluding steroid dienone is 2. The summed E-state index contributed by atoms with van der Waals surface area (Å²) in [5.74, 6) is 1.28. The van der Waals surface area contributed by atoms with Crippen LogP contribution in [0, 0.1) is 11.8 Å². The molecule has 2 fully saturated rings. The zero-order valence-electron chi connectivity index (χ0n) is 15.4. The molecule has 2 N–H and O–H groups in total. The van der Waals surface area contributed by atoms with E-state index < -0.39 is 0 Å². The van der Waals surface area contributed by atoms with Crippen molar-refractivity contribution in [3.63, 3.8) is 0 Å². The number of nitrogens with two attached hydrogens (primary N) is 1. The van der Waals surface area contributed by atoms with Crippen LogP contribution in [0.4, 0.5) is 0 Å². The fourth-order valence-electron chi connectivity index (χ4n) is 3.37. The molecule has 2 rings (SSSR count). The maximum atomic E-state index is 5.96. The van der Waals surface area contributed by atoms with Gasteiger partial charge in [0.05, 0.1) is 18.4 Å². The first-order chi connectivity index (χ1) is 11.0. The molecule has 132 valence electrons. The van der Waals surface area contributed by atoms with Crippen LogP contribution in [0.25, 0.3) is 0 Å². The lowest BCUT2D eigenvalue weighted by Gasteiger charge is -2.36. The molecule has 4 heteroatoms. The highest BCUT2D eigenvalue weighted by Gasteiger charge is 2.30. The van der Waals surface area contributed by atoms with Gasteiger partial charge in [0.2, 0.25) is 0 Å². The molecule has 0 aromatic carbocycles. The second-order valence-corrected chi connectivity index (χ2v) is 7.38. The van der Waals surface area contributed by atoms with Gasteiger partial charge in [-0.05, 0) is 44.2 Å². The van der Waals surface area contributed by atoms with Crippen molar-refractivity contribution in [3.8, 4) is 0 Å². The van der Waals surface area contributed by atoms with E-state index in [-0.39, 0.29) is 6.10 Å². The van der Waals surface area contributed by atoms with Crippen molar-refractivity contribution in [2.75, 3.05) is 33.3 Å². The highest BCUT2D eigenvalue weighted by Crippen LogP contribution is 2.26. The van der Waals surface area contributed by atoms with Gasteiger partial charge in [0.15, 0.2) is 0 Å².